The van der Waals surface area contributed by atoms with Crippen molar-refractivity contribution in [3.05, 3.63) is 29.3 Å². The summed E-state index contributed by atoms with van der Waals surface area (Å²) in [6, 6.07) is 8.13. The fourth-order valence-electron chi connectivity index (χ4n) is 3.39. The predicted molar refractivity (Wildman–Crippen MR) is 110 cm³/mol. The zero-order valence-corrected chi connectivity index (χ0v) is 17.3. The molecule has 0 saturated carbocycles. The summed E-state index contributed by atoms with van der Waals surface area (Å²) in [5.41, 5.74) is 1.02. The van der Waals surface area contributed by atoms with Crippen molar-refractivity contribution in [2.75, 3.05) is 46.4 Å². The van der Waals surface area contributed by atoms with Gasteiger partial charge in [0.05, 0.1) is 36.0 Å². The van der Waals surface area contributed by atoms with E-state index in [2.05, 4.69) is 35.1 Å². The first kappa shape index (κ1) is 20.2. The number of carbonyl (C=O) groups excluding carboxylic acids is 1. The molecule has 0 bridgehead atoms. The number of fused-ring (bicyclic) bond motifs is 1. The summed E-state index contributed by atoms with van der Waals surface area (Å²) in [4.78, 5) is 21.3. The third-order valence-corrected chi connectivity index (χ3v) is 5.55. The topological polar surface area (TPSA) is 57.7 Å². The molecule has 1 amide bonds. The first-order valence-corrected chi connectivity index (χ1v) is 10.4. The number of aromatic nitrogens is 1. The minimum atomic E-state index is 0.0307. The second kappa shape index (κ2) is 9.59. The van der Waals surface area contributed by atoms with Gasteiger partial charge in [-0.25, -0.2) is 4.98 Å². The van der Waals surface area contributed by atoms with E-state index in [1.807, 2.05) is 30.1 Å². The monoisotopic (exact) mass is 390 g/mol. The van der Waals surface area contributed by atoms with Gasteiger partial charge >= 0.3 is 0 Å². The van der Waals surface area contributed by atoms with Crippen molar-refractivity contribution in [3.8, 4) is 0 Å². The van der Waals surface area contributed by atoms with Crippen molar-refractivity contribution < 1.29 is 9.53 Å². The highest BCUT2D eigenvalue weighted by molar-refractivity contribution is 7.18. The summed E-state index contributed by atoms with van der Waals surface area (Å²) >= 11 is 1.68. The number of para-hydroxylation sites is 1. The van der Waals surface area contributed by atoms with Crippen LogP contribution in [-0.4, -0.2) is 73.2 Å². The predicted octanol–water partition coefficient (Wildman–Crippen LogP) is 2.20. The Labute approximate surface area is 165 Å². The van der Waals surface area contributed by atoms with Crippen LogP contribution in [0.5, 0.6) is 0 Å². The van der Waals surface area contributed by atoms with Crippen LogP contribution >= 0.6 is 11.3 Å². The molecular formula is C20H30N4O2S. The van der Waals surface area contributed by atoms with Gasteiger partial charge < -0.3 is 10.1 Å². The molecule has 0 spiro atoms. The SMILES string of the molecule is CC(C)CN1CCOC(CNC(=O)CN(C)Cc2nc3ccccc3s2)C1. The zero-order chi connectivity index (χ0) is 19.2. The van der Waals surface area contributed by atoms with Gasteiger partial charge in [-0.3, -0.25) is 14.6 Å². The molecule has 6 nitrogen and oxygen atoms in total. The number of nitrogens with one attached hydrogen (secondary N) is 1. The van der Waals surface area contributed by atoms with Gasteiger partial charge in [-0.1, -0.05) is 26.0 Å². The van der Waals surface area contributed by atoms with Gasteiger partial charge in [0.1, 0.15) is 5.01 Å². The number of nitrogens with zero attached hydrogens (tertiary/aromatic N) is 3. The van der Waals surface area contributed by atoms with E-state index in [4.69, 9.17) is 4.74 Å². The Morgan fingerprint density at radius 3 is 3.04 bits per heavy atom. The molecule has 0 radical (unpaired) electrons. The highest BCUT2D eigenvalue weighted by Gasteiger charge is 2.21. The zero-order valence-electron chi connectivity index (χ0n) is 16.5. The minimum Gasteiger partial charge on any atom is -0.374 e. The van der Waals surface area contributed by atoms with Gasteiger partial charge in [0.15, 0.2) is 0 Å². The summed E-state index contributed by atoms with van der Waals surface area (Å²) in [5.74, 6) is 0.678. The number of carbonyl (C=O) groups is 1. The standard InChI is InChI=1S/C20H30N4O2S/c1-15(2)11-24-8-9-26-16(12-24)10-21-19(25)13-23(3)14-20-22-17-6-4-5-7-18(17)27-20/h4-7,15-16H,8-14H2,1-3H3,(H,21,25). The van der Waals surface area contributed by atoms with Crippen LogP contribution in [0.25, 0.3) is 10.2 Å². The van der Waals surface area contributed by atoms with Crippen LogP contribution in [0.4, 0.5) is 0 Å². The van der Waals surface area contributed by atoms with Crippen molar-refractivity contribution in [2.45, 2.75) is 26.5 Å². The number of amides is 1. The molecule has 0 aliphatic carbocycles. The Kier molecular flexibility index (Phi) is 7.18. The van der Waals surface area contributed by atoms with Crippen LogP contribution in [0.15, 0.2) is 24.3 Å². The molecule has 1 aromatic carbocycles. The van der Waals surface area contributed by atoms with E-state index in [0.717, 1.165) is 36.8 Å². The third-order valence-electron chi connectivity index (χ3n) is 4.53. The average molecular weight is 391 g/mol. The summed E-state index contributed by atoms with van der Waals surface area (Å²) in [7, 11) is 1.95. The molecule has 1 aliphatic rings. The maximum Gasteiger partial charge on any atom is 0.234 e. The molecular weight excluding hydrogens is 360 g/mol. The molecule has 1 saturated heterocycles. The van der Waals surface area contributed by atoms with Crippen molar-refractivity contribution in [1.82, 2.24) is 20.1 Å². The first-order chi connectivity index (χ1) is 13.0. The van der Waals surface area contributed by atoms with Gasteiger partial charge in [-0.05, 0) is 25.1 Å². The fourth-order valence-corrected chi connectivity index (χ4v) is 4.44. The number of ether oxygens (including phenoxy) is 1. The molecule has 1 unspecified atom stereocenters. The number of benzene rings is 1. The Balaban J connectivity index is 1.40. The van der Waals surface area contributed by atoms with Crippen LogP contribution < -0.4 is 5.32 Å². The third kappa shape index (κ3) is 6.24. The summed E-state index contributed by atoms with van der Waals surface area (Å²) < 4.78 is 6.98. The molecule has 27 heavy (non-hydrogen) atoms. The van der Waals surface area contributed by atoms with E-state index in [9.17, 15) is 4.79 Å². The van der Waals surface area contributed by atoms with Crippen molar-refractivity contribution in [1.29, 1.82) is 0 Å². The van der Waals surface area contributed by atoms with Crippen LogP contribution in [0.3, 0.4) is 0 Å². The maximum absolute atomic E-state index is 12.3. The van der Waals surface area contributed by atoms with Gasteiger partial charge in [0.25, 0.3) is 0 Å². The number of hydrogen-bond acceptors (Lipinski definition) is 6. The van der Waals surface area contributed by atoms with E-state index in [-0.39, 0.29) is 12.0 Å². The number of morpholine rings is 1. The molecule has 1 aliphatic heterocycles. The summed E-state index contributed by atoms with van der Waals surface area (Å²) in [5, 5.41) is 4.05. The molecule has 1 N–H and O–H groups in total. The Morgan fingerprint density at radius 1 is 1.44 bits per heavy atom. The maximum atomic E-state index is 12.3. The molecule has 3 rings (SSSR count). The lowest BCUT2D eigenvalue weighted by atomic mass is 10.2. The van der Waals surface area contributed by atoms with E-state index < -0.39 is 0 Å². The Bertz CT molecular complexity index is 715. The fraction of sp³-hybridized carbons (Fsp3) is 0.600. The van der Waals surface area contributed by atoms with E-state index in [1.165, 1.54) is 4.70 Å². The molecule has 148 valence electrons. The van der Waals surface area contributed by atoms with Crippen molar-refractivity contribution in [2.24, 2.45) is 5.92 Å². The molecule has 1 aromatic heterocycles. The second-order valence-corrected chi connectivity index (χ2v) is 8.81. The Hall–Kier alpha value is -1.54. The second-order valence-electron chi connectivity index (χ2n) is 7.70. The molecule has 2 aromatic rings. The number of thiazole rings is 1. The Morgan fingerprint density at radius 2 is 2.26 bits per heavy atom. The van der Waals surface area contributed by atoms with Gasteiger partial charge in [0, 0.05) is 26.2 Å². The molecule has 2 heterocycles. The van der Waals surface area contributed by atoms with Crippen LogP contribution in [0.1, 0.15) is 18.9 Å². The van der Waals surface area contributed by atoms with Crippen molar-refractivity contribution >= 4 is 27.5 Å². The van der Waals surface area contributed by atoms with Gasteiger partial charge in [0.2, 0.25) is 5.91 Å². The van der Waals surface area contributed by atoms with E-state index in [0.29, 0.717) is 25.6 Å². The average Bonchev–Trinajstić information content (AvgIpc) is 3.01. The lowest BCUT2D eigenvalue weighted by Crippen LogP contribution is -2.49. The van der Waals surface area contributed by atoms with Crippen LogP contribution in [0.2, 0.25) is 0 Å². The number of rotatable bonds is 8. The lowest BCUT2D eigenvalue weighted by Gasteiger charge is -2.34. The van der Waals surface area contributed by atoms with E-state index >= 15 is 0 Å². The first-order valence-electron chi connectivity index (χ1n) is 9.63. The quantitative estimate of drug-likeness (QED) is 0.749. The molecule has 7 heteroatoms. The normalized spacial score (nSPS) is 18.5. The number of hydrogen-bond donors (Lipinski definition) is 1. The summed E-state index contributed by atoms with van der Waals surface area (Å²) in [6.45, 7) is 9.76. The van der Waals surface area contributed by atoms with Crippen LogP contribution in [-0.2, 0) is 16.1 Å². The molecule has 1 atom stereocenters. The van der Waals surface area contributed by atoms with E-state index in [1.54, 1.807) is 11.3 Å². The van der Waals surface area contributed by atoms with Crippen molar-refractivity contribution in [3.63, 3.8) is 0 Å². The smallest absolute Gasteiger partial charge is 0.234 e. The highest BCUT2D eigenvalue weighted by atomic mass is 32.1. The number of likely N-dealkylation sites (N-methyl/N-ethyl adjacent to an activating group) is 1. The van der Waals surface area contributed by atoms with Gasteiger partial charge in [-0.15, -0.1) is 11.3 Å². The largest absolute Gasteiger partial charge is 0.374 e. The lowest BCUT2D eigenvalue weighted by molar-refractivity contribution is -0.123. The minimum absolute atomic E-state index is 0.0307. The molecule has 1 fully saturated rings. The van der Waals surface area contributed by atoms with Gasteiger partial charge in [-0.2, -0.15) is 0 Å². The van der Waals surface area contributed by atoms with Crippen LogP contribution in [0, 0.1) is 5.92 Å². The summed E-state index contributed by atoms with van der Waals surface area (Å²) in [6.07, 6.45) is 0.0796. The highest BCUT2D eigenvalue weighted by Crippen LogP contribution is 2.22.